The molecule has 46 heavy (non-hydrogen) atoms. The van der Waals surface area contributed by atoms with E-state index in [1.807, 2.05) is 72.8 Å². The highest BCUT2D eigenvalue weighted by atomic mass is 35.5. The lowest BCUT2D eigenvalue weighted by molar-refractivity contribution is -0.120. The molecule has 0 aromatic heterocycles. The van der Waals surface area contributed by atoms with Crippen LogP contribution in [-0.2, 0) is 21.6 Å². The maximum Gasteiger partial charge on any atom is 0.407 e. The number of benzene rings is 4. The van der Waals surface area contributed by atoms with E-state index < -0.39 is 11.5 Å². The van der Waals surface area contributed by atoms with Crippen molar-refractivity contribution >= 4 is 24.4 Å². The van der Waals surface area contributed by atoms with E-state index in [1.165, 1.54) is 6.07 Å². The molecule has 5 rings (SSSR count). The highest BCUT2D eigenvalue weighted by molar-refractivity contribution is 5.85. The van der Waals surface area contributed by atoms with Crippen LogP contribution < -0.4 is 10.6 Å². The van der Waals surface area contributed by atoms with Gasteiger partial charge in [-0.3, -0.25) is 4.79 Å². The van der Waals surface area contributed by atoms with Gasteiger partial charge in [-0.15, -0.1) is 12.4 Å². The molecule has 0 saturated carbocycles. The van der Waals surface area contributed by atoms with Crippen molar-refractivity contribution in [1.29, 1.82) is 0 Å². The van der Waals surface area contributed by atoms with E-state index in [9.17, 15) is 14.0 Å². The fourth-order valence-corrected chi connectivity index (χ4v) is 6.36. The Morgan fingerprint density at radius 1 is 0.804 bits per heavy atom. The summed E-state index contributed by atoms with van der Waals surface area (Å²) in [6.45, 7) is 3.26. The second-order valence-corrected chi connectivity index (χ2v) is 11.8. The van der Waals surface area contributed by atoms with E-state index in [0.29, 0.717) is 12.5 Å². The Morgan fingerprint density at radius 2 is 1.41 bits per heavy atom. The van der Waals surface area contributed by atoms with Crippen LogP contribution in [-0.4, -0.2) is 49.6 Å². The van der Waals surface area contributed by atoms with Gasteiger partial charge in [0.25, 0.3) is 0 Å². The number of piperidine rings is 1. The maximum absolute atomic E-state index is 13.8. The topological polar surface area (TPSA) is 70.7 Å². The molecule has 8 heteroatoms. The number of hydrogen-bond donors (Lipinski definition) is 2. The largest absolute Gasteiger partial charge is 0.445 e. The van der Waals surface area contributed by atoms with E-state index >= 15 is 0 Å². The fourth-order valence-electron chi connectivity index (χ4n) is 6.36. The van der Waals surface area contributed by atoms with Gasteiger partial charge in [-0.2, -0.15) is 0 Å². The fraction of sp³-hybridized carbons (Fsp3) is 0.316. The molecule has 0 unspecified atom stereocenters. The van der Waals surface area contributed by atoms with Crippen LogP contribution in [0.5, 0.6) is 0 Å². The average Bonchev–Trinajstić information content (AvgIpc) is 3.09. The van der Waals surface area contributed by atoms with Crippen molar-refractivity contribution in [3.8, 4) is 0 Å². The minimum atomic E-state index is -0.632. The van der Waals surface area contributed by atoms with Crippen molar-refractivity contribution in [2.75, 3.05) is 32.7 Å². The number of alkyl carbamates (subject to hydrolysis) is 1. The van der Waals surface area contributed by atoms with Gasteiger partial charge in [0, 0.05) is 12.0 Å². The van der Waals surface area contributed by atoms with Gasteiger partial charge in [-0.25, -0.2) is 9.18 Å². The molecular weight excluding hydrogens is 601 g/mol. The van der Waals surface area contributed by atoms with Crippen molar-refractivity contribution in [2.24, 2.45) is 0 Å². The molecule has 1 aliphatic heterocycles. The van der Waals surface area contributed by atoms with E-state index in [4.69, 9.17) is 4.74 Å². The molecule has 0 aliphatic carbocycles. The van der Waals surface area contributed by atoms with E-state index in [1.54, 1.807) is 12.1 Å². The van der Waals surface area contributed by atoms with Gasteiger partial charge in [0.1, 0.15) is 12.4 Å². The minimum absolute atomic E-state index is 0. The first kappa shape index (κ1) is 34.7. The van der Waals surface area contributed by atoms with Crippen molar-refractivity contribution in [3.05, 3.63) is 143 Å². The first-order valence-corrected chi connectivity index (χ1v) is 15.8. The average molecular weight is 644 g/mol. The van der Waals surface area contributed by atoms with E-state index in [-0.39, 0.29) is 37.3 Å². The van der Waals surface area contributed by atoms with Gasteiger partial charge in [0.05, 0.1) is 6.54 Å². The summed E-state index contributed by atoms with van der Waals surface area (Å²) in [6.07, 6.45) is 3.17. The molecule has 1 aliphatic rings. The van der Waals surface area contributed by atoms with Crippen molar-refractivity contribution in [2.45, 2.75) is 43.6 Å². The Bertz CT molecular complexity index is 1460. The number of carbonyl (C=O) groups excluding carboxylic acids is 2. The Kier molecular flexibility index (Phi) is 13.2. The first-order valence-electron chi connectivity index (χ1n) is 15.8. The summed E-state index contributed by atoms with van der Waals surface area (Å²) in [7, 11) is 0. The van der Waals surface area contributed by atoms with Gasteiger partial charge in [-0.1, -0.05) is 103 Å². The van der Waals surface area contributed by atoms with Gasteiger partial charge < -0.3 is 20.3 Å². The lowest BCUT2D eigenvalue weighted by Gasteiger charge is -2.37. The number of carbonyl (C=O) groups is 2. The number of ether oxygens (including phenoxy) is 1. The second kappa shape index (κ2) is 17.5. The van der Waals surface area contributed by atoms with Gasteiger partial charge >= 0.3 is 6.09 Å². The third-order valence-electron chi connectivity index (χ3n) is 8.83. The molecule has 6 nitrogen and oxygen atoms in total. The molecule has 0 radical (unpaired) electrons. The van der Waals surface area contributed by atoms with Crippen LogP contribution in [0.3, 0.4) is 0 Å². The molecule has 242 valence electrons. The SMILES string of the molecule is Cl.O=C(CNC(=O)OCc1ccccc1)NCC(CCCN1CCC(c2cccc(F)c2)CC1)(c1ccccc1)c1ccccc1. The first-order chi connectivity index (χ1) is 22.0. The molecule has 1 heterocycles. The Morgan fingerprint density at radius 3 is 2.02 bits per heavy atom. The second-order valence-electron chi connectivity index (χ2n) is 11.8. The molecule has 4 aromatic rings. The number of hydrogen-bond acceptors (Lipinski definition) is 4. The third kappa shape index (κ3) is 9.65. The summed E-state index contributed by atoms with van der Waals surface area (Å²) in [4.78, 5) is 27.7. The maximum atomic E-state index is 13.8. The molecule has 1 saturated heterocycles. The number of likely N-dealkylation sites (tertiary alicyclic amines) is 1. The number of halogens is 2. The number of nitrogens with zero attached hydrogens (tertiary/aromatic N) is 1. The summed E-state index contributed by atoms with van der Waals surface area (Å²) in [5.41, 5.74) is 3.79. The van der Waals surface area contributed by atoms with Crippen LogP contribution in [0.1, 0.15) is 53.9 Å². The number of rotatable bonds is 13. The Balaban J connectivity index is 0.00000480. The highest BCUT2D eigenvalue weighted by Gasteiger charge is 2.34. The predicted octanol–water partition coefficient (Wildman–Crippen LogP) is 7.24. The summed E-state index contributed by atoms with van der Waals surface area (Å²) in [5, 5.41) is 5.69. The van der Waals surface area contributed by atoms with Crippen molar-refractivity contribution in [3.63, 3.8) is 0 Å². The van der Waals surface area contributed by atoms with Crippen molar-refractivity contribution < 1.29 is 18.7 Å². The molecule has 2 amide bonds. The zero-order valence-electron chi connectivity index (χ0n) is 26.1. The highest BCUT2D eigenvalue weighted by Crippen LogP contribution is 2.37. The zero-order chi connectivity index (χ0) is 31.3. The Labute approximate surface area is 277 Å². The molecular formula is C38H43ClFN3O3. The molecule has 1 fully saturated rings. The molecule has 0 spiro atoms. The van der Waals surface area contributed by atoms with Crippen LogP contribution >= 0.6 is 12.4 Å². The lowest BCUT2D eigenvalue weighted by Crippen LogP contribution is -2.45. The predicted molar refractivity (Wildman–Crippen MR) is 183 cm³/mol. The minimum Gasteiger partial charge on any atom is -0.445 e. The molecule has 4 aromatic carbocycles. The summed E-state index contributed by atoms with van der Waals surface area (Å²) in [5.74, 6) is -0.0506. The smallest absolute Gasteiger partial charge is 0.407 e. The van der Waals surface area contributed by atoms with Crippen LogP contribution in [0.2, 0.25) is 0 Å². The monoisotopic (exact) mass is 643 g/mol. The van der Waals surface area contributed by atoms with Gasteiger partial charge in [0.15, 0.2) is 0 Å². The number of nitrogens with one attached hydrogen (secondary N) is 2. The molecule has 0 atom stereocenters. The van der Waals surface area contributed by atoms with Gasteiger partial charge in [0.2, 0.25) is 5.91 Å². The van der Waals surface area contributed by atoms with E-state index in [2.05, 4.69) is 39.8 Å². The summed E-state index contributed by atoms with van der Waals surface area (Å²) < 4.78 is 19.0. The standard InChI is InChI=1S/C38H42FN3O3.ClH/c39-35-19-10-14-32(26-35)31-20-24-42(25-21-31)23-11-22-38(33-15-6-2-7-16-33,34-17-8-3-9-18-34)29-41-36(43)27-40-37(44)45-28-30-12-4-1-5-13-30;/h1-10,12-19,26,31H,11,20-25,27-29H2,(H,40,44)(H,41,43);1H. The third-order valence-corrected chi connectivity index (χ3v) is 8.83. The van der Waals surface area contributed by atoms with Crippen LogP contribution in [0.15, 0.2) is 115 Å². The van der Waals surface area contributed by atoms with Crippen molar-refractivity contribution in [1.82, 2.24) is 15.5 Å². The van der Waals surface area contributed by atoms with Crippen LogP contribution in [0, 0.1) is 5.82 Å². The summed E-state index contributed by atoms with van der Waals surface area (Å²) >= 11 is 0. The normalized spacial score (nSPS) is 13.8. The molecule has 0 bridgehead atoms. The van der Waals surface area contributed by atoms with Gasteiger partial charge in [-0.05, 0) is 85.6 Å². The number of amides is 2. The van der Waals surface area contributed by atoms with Crippen LogP contribution in [0.4, 0.5) is 9.18 Å². The molecule has 2 N–H and O–H groups in total. The quantitative estimate of drug-likeness (QED) is 0.161. The summed E-state index contributed by atoms with van der Waals surface area (Å²) in [6, 6.07) is 37.1. The lowest BCUT2D eigenvalue weighted by atomic mass is 9.71. The zero-order valence-corrected chi connectivity index (χ0v) is 26.9. The van der Waals surface area contributed by atoms with E-state index in [0.717, 1.165) is 67.6 Å². The Hall–Kier alpha value is -4.20. The van der Waals surface area contributed by atoms with Crippen LogP contribution in [0.25, 0.3) is 0 Å².